The molecule has 0 aliphatic heterocycles. The van der Waals surface area contributed by atoms with Gasteiger partial charge in [-0.05, 0) is 63.3 Å². The molecule has 3 nitrogen and oxygen atoms in total. The molecule has 0 saturated heterocycles. The largest absolute Gasteiger partial charge is 0.481 e. The Bertz CT molecular complexity index is 259. The van der Waals surface area contributed by atoms with Crippen molar-refractivity contribution in [2.75, 3.05) is 6.54 Å². The summed E-state index contributed by atoms with van der Waals surface area (Å²) in [5.41, 5.74) is 0. The molecule has 2 rings (SSSR count). The molecule has 0 heterocycles. The molecule has 2 aliphatic carbocycles. The number of hydrogen-bond acceptors (Lipinski definition) is 2. The Balaban J connectivity index is 1.63. The third kappa shape index (κ3) is 3.70. The number of rotatable bonds is 4. The summed E-state index contributed by atoms with van der Waals surface area (Å²) in [6.45, 7) is 3.43. The van der Waals surface area contributed by atoms with Crippen LogP contribution < -0.4 is 5.32 Å². The lowest BCUT2D eigenvalue weighted by atomic mass is 9.82. The van der Waals surface area contributed by atoms with Crippen LogP contribution in [0.15, 0.2) is 0 Å². The molecule has 0 aromatic rings. The van der Waals surface area contributed by atoms with Crippen LogP contribution in [0.3, 0.4) is 0 Å². The number of carbonyl (C=O) groups is 1. The van der Waals surface area contributed by atoms with Gasteiger partial charge in [0.15, 0.2) is 0 Å². The van der Waals surface area contributed by atoms with Gasteiger partial charge in [-0.15, -0.1) is 0 Å². The summed E-state index contributed by atoms with van der Waals surface area (Å²) < 4.78 is 0. The van der Waals surface area contributed by atoms with Crippen LogP contribution in [0.4, 0.5) is 0 Å². The van der Waals surface area contributed by atoms with E-state index in [-0.39, 0.29) is 5.92 Å². The summed E-state index contributed by atoms with van der Waals surface area (Å²) in [7, 11) is 0. The van der Waals surface area contributed by atoms with Gasteiger partial charge in [0.2, 0.25) is 0 Å². The minimum absolute atomic E-state index is 0.0715. The highest BCUT2D eigenvalue weighted by molar-refractivity contribution is 5.69. The number of nitrogens with one attached hydrogen (secondary N) is 1. The predicted molar refractivity (Wildman–Crippen MR) is 67.9 cm³/mol. The first-order chi connectivity index (χ1) is 8.15. The van der Waals surface area contributed by atoms with Crippen molar-refractivity contribution in [3.63, 3.8) is 0 Å². The van der Waals surface area contributed by atoms with Crippen molar-refractivity contribution in [2.45, 2.75) is 57.9 Å². The molecule has 17 heavy (non-hydrogen) atoms. The number of carboxylic acids is 1. The molecule has 3 heteroatoms. The molecular weight excluding hydrogens is 214 g/mol. The maximum atomic E-state index is 10.8. The van der Waals surface area contributed by atoms with Gasteiger partial charge < -0.3 is 10.4 Å². The fourth-order valence-corrected chi connectivity index (χ4v) is 3.34. The second-order valence-electron chi connectivity index (χ2n) is 6.08. The Morgan fingerprint density at radius 1 is 1.18 bits per heavy atom. The fraction of sp³-hybridized carbons (Fsp3) is 0.929. The van der Waals surface area contributed by atoms with Crippen molar-refractivity contribution in [3.05, 3.63) is 0 Å². The van der Waals surface area contributed by atoms with Crippen molar-refractivity contribution in [1.29, 1.82) is 0 Å². The average Bonchev–Trinajstić information content (AvgIpc) is 2.73. The van der Waals surface area contributed by atoms with Crippen LogP contribution in [-0.4, -0.2) is 23.7 Å². The van der Waals surface area contributed by atoms with Crippen LogP contribution in [0.2, 0.25) is 0 Å². The molecular formula is C14H25NO2. The van der Waals surface area contributed by atoms with E-state index in [1.807, 2.05) is 0 Å². The Labute approximate surface area is 104 Å². The third-order valence-electron chi connectivity index (χ3n) is 4.59. The Hall–Kier alpha value is -0.570. The lowest BCUT2D eigenvalue weighted by Gasteiger charge is -2.27. The van der Waals surface area contributed by atoms with Crippen molar-refractivity contribution < 1.29 is 9.90 Å². The van der Waals surface area contributed by atoms with Gasteiger partial charge in [-0.25, -0.2) is 0 Å². The Morgan fingerprint density at radius 2 is 1.88 bits per heavy atom. The molecule has 0 aromatic heterocycles. The van der Waals surface area contributed by atoms with Gasteiger partial charge in [-0.1, -0.05) is 6.92 Å². The molecule has 2 N–H and O–H groups in total. The molecule has 2 fully saturated rings. The van der Waals surface area contributed by atoms with E-state index in [2.05, 4.69) is 12.2 Å². The van der Waals surface area contributed by atoms with Crippen molar-refractivity contribution in [2.24, 2.45) is 17.8 Å². The Kier molecular flexibility index (Phi) is 4.43. The highest BCUT2D eigenvalue weighted by Gasteiger charge is 2.27. The van der Waals surface area contributed by atoms with Crippen LogP contribution in [0.25, 0.3) is 0 Å². The number of hydrogen-bond donors (Lipinski definition) is 2. The standard InChI is InChI=1S/C14H25NO2/c1-10-2-7-13(8-10)15-9-11-3-5-12(6-4-11)14(16)17/h10-13,15H,2-9H2,1H3,(H,16,17). The molecule has 0 aromatic carbocycles. The summed E-state index contributed by atoms with van der Waals surface area (Å²) in [6.07, 6.45) is 7.95. The van der Waals surface area contributed by atoms with Gasteiger partial charge >= 0.3 is 5.97 Å². The molecule has 2 aliphatic rings. The zero-order valence-corrected chi connectivity index (χ0v) is 10.8. The van der Waals surface area contributed by atoms with Gasteiger partial charge in [0, 0.05) is 6.04 Å². The first-order valence-corrected chi connectivity index (χ1v) is 7.11. The number of carboxylic acid groups (broad SMARTS) is 1. The molecule has 0 spiro atoms. The molecule has 2 unspecified atom stereocenters. The highest BCUT2D eigenvalue weighted by atomic mass is 16.4. The van der Waals surface area contributed by atoms with E-state index in [1.165, 1.54) is 19.3 Å². The summed E-state index contributed by atoms with van der Waals surface area (Å²) in [5, 5.41) is 12.6. The predicted octanol–water partition coefficient (Wildman–Crippen LogP) is 2.66. The smallest absolute Gasteiger partial charge is 0.306 e. The minimum Gasteiger partial charge on any atom is -0.481 e. The average molecular weight is 239 g/mol. The van der Waals surface area contributed by atoms with E-state index < -0.39 is 5.97 Å². The first kappa shape index (κ1) is 12.9. The second kappa shape index (κ2) is 5.85. The van der Waals surface area contributed by atoms with Gasteiger partial charge in [-0.2, -0.15) is 0 Å². The SMILES string of the molecule is CC1CCC(NCC2CCC(C(=O)O)CC2)C1. The normalized spacial score (nSPS) is 38.2. The zero-order valence-electron chi connectivity index (χ0n) is 10.8. The van der Waals surface area contributed by atoms with Gasteiger partial charge in [0.1, 0.15) is 0 Å². The van der Waals surface area contributed by atoms with Crippen molar-refractivity contribution >= 4 is 5.97 Å². The second-order valence-corrected chi connectivity index (χ2v) is 6.08. The summed E-state index contributed by atoms with van der Waals surface area (Å²) >= 11 is 0. The maximum Gasteiger partial charge on any atom is 0.306 e. The fourth-order valence-electron chi connectivity index (χ4n) is 3.34. The quantitative estimate of drug-likeness (QED) is 0.793. The summed E-state index contributed by atoms with van der Waals surface area (Å²) in [6, 6.07) is 0.724. The van der Waals surface area contributed by atoms with E-state index in [9.17, 15) is 4.79 Å². The zero-order chi connectivity index (χ0) is 12.3. The number of aliphatic carboxylic acids is 1. The molecule has 2 atom stereocenters. The maximum absolute atomic E-state index is 10.8. The molecule has 98 valence electrons. The van der Waals surface area contributed by atoms with E-state index in [0.717, 1.165) is 44.2 Å². The van der Waals surface area contributed by atoms with Crippen LogP contribution in [0.1, 0.15) is 51.9 Å². The van der Waals surface area contributed by atoms with Gasteiger partial charge in [0.05, 0.1) is 5.92 Å². The molecule has 0 radical (unpaired) electrons. The van der Waals surface area contributed by atoms with E-state index in [4.69, 9.17) is 5.11 Å². The molecule has 2 saturated carbocycles. The van der Waals surface area contributed by atoms with Crippen LogP contribution in [-0.2, 0) is 4.79 Å². The Morgan fingerprint density at radius 3 is 2.41 bits per heavy atom. The van der Waals surface area contributed by atoms with Crippen molar-refractivity contribution in [1.82, 2.24) is 5.32 Å². The minimum atomic E-state index is -0.596. The summed E-state index contributed by atoms with van der Waals surface area (Å²) in [4.78, 5) is 10.8. The first-order valence-electron chi connectivity index (χ1n) is 7.11. The lowest BCUT2D eigenvalue weighted by molar-refractivity contribution is -0.143. The van der Waals surface area contributed by atoms with Gasteiger partial charge in [-0.3, -0.25) is 4.79 Å². The molecule has 0 bridgehead atoms. The lowest BCUT2D eigenvalue weighted by Crippen LogP contribution is -2.34. The summed E-state index contributed by atoms with van der Waals surface area (Å²) in [5.74, 6) is 0.926. The third-order valence-corrected chi connectivity index (χ3v) is 4.59. The van der Waals surface area contributed by atoms with E-state index >= 15 is 0 Å². The van der Waals surface area contributed by atoms with Crippen molar-refractivity contribution in [3.8, 4) is 0 Å². The van der Waals surface area contributed by atoms with E-state index in [0.29, 0.717) is 5.92 Å². The molecule has 0 amide bonds. The van der Waals surface area contributed by atoms with Gasteiger partial charge in [0.25, 0.3) is 0 Å². The van der Waals surface area contributed by atoms with E-state index in [1.54, 1.807) is 0 Å². The topological polar surface area (TPSA) is 49.3 Å². The monoisotopic (exact) mass is 239 g/mol. The van der Waals surface area contributed by atoms with Crippen LogP contribution >= 0.6 is 0 Å². The highest BCUT2D eigenvalue weighted by Crippen LogP contribution is 2.29. The van der Waals surface area contributed by atoms with Crippen LogP contribution in [0.5, 0.6) is 0 Å². The van der Waals surface area contributed by atoms with Crippen LogP contribution in [0, 0.1) is 17.8 Å².